The first-order chi connectivity index (χ1) is 14.2. The molecule has 0 aromatic carbocycles. The van der Waals surface area contributed by atoms with Crippen LogP contribution in [0.2, 0.25) is 0 Å². The average Bonchev–Trinajstić information content (AvgIpc) is 3.13. The molecule has 2 aromatic rings. The van der Waals surface area contributed by atoms with Crippen molar-refractivity contribution in [3.05, 3.63) is 18.3 Å². The maximum absolute atomic E-state index is 12.1. The van der Waals surface area contributed by atoms with Gasteiger partial charge < -0.3 is 34.2 Å². The summed E-state index contributed by atoms with van der Waals surface area (Å²) in [5.74, 6) is -1.62. The normalized spacial score (nSPS) is 28.5. The predicted octanol–water partition coefficient (Wildman–Crippen LogP) is -0.616. The number of fused-ring (bicyclic) bond motifs is 1. The van der Waals surface area contributed by atoms with Crippen LogP contribution in [0.25, 0.3) is 11.2 Å². The Balaban J connectivity index is 1.69. The van der Waals surface area contributed by atoms with Crippen molar-refractivity contribution in [3.63, 3.8) is 0 Å². The predicted molar refractivity (Wildman–Crippen MR) is 103 cm³/mol. The molecule has 2 unspecified atom stereocenters. The van der Waals surface area contributed by atoms with Crippen LogP contribution in [0.15, 0.2) is 12.7 Å². The monoisotopic (exact) mass is 498 g/mol. The van der Waals surface area contributed by atoms with E-state index in [9.17, 15) is 28.8 Å². The zero-order chi connectivity index (χ0) is 23.2. The van der Waals surface area contributed by atoms with Crippen LogP contribution in [-0.2, 0) is 27.3 Å². The molecule has 19 heteroatoms. The maximum atomic E-state index is 12.1. The van der Waals surface area contributed by atoms with E-state index in [4.69, 9.17) is 26.6 Å². The summed E-state index contributed by atoms with van der Waals surface area (Å²) < 4.78 is 50.4. The van der Waals surface area contributed by atoms with Gasteiger partial charge in [-0.2, -0.15) is 0 Å². The molecular weight excluding hydrogens is 480 g/mol. The molecule has 1 aliphatic heterocycles. The maximum Gasteiger partial charge on any atom is 0.346 e. The molecule has 3 heterocycles. The van der Waals surface area contributed by atoms with Crippen LogP contribution in [0.1, 0.15) is 11.9 Å². The Morgan fingerprint density at radius 1 is 1.16 bits per heavy atom. The van der Waals surface area contributed by atoms with E-state index >= 15 is 0 Å². The van der Waals surface area contributed by atoms with Gasteiger partial charge in [0.15, 0.2) is 17.8 Å². The first kappa shape index (κ1) is 24.6. The van der Waals surface area contributed by atoms with Crippen molar-refractivity contribution in [1.82, 2.24) is 19.5 Å². The van der Waals surface area contributed by atoms with Crippen molar-refractivity contribution < 1.29 is 52.2 Å². The third-order valence-electron chi connectivity index (χ3n) is 4.18. The van der Waals surface area contributed by atoms with Gasteiger partial charge in [-0.05, 0) is 6.92 Å². The summed E-state index contributed by atoms with van der Waals surface area (Å²) in [5, 5.41) is 20.6. The second-order valence-corrected chi connectivity index (χ2v) is 12.4. The Hall–Kier alpha value is -1.02. The van der Waals surface area contributed by atoms with Crippen LogP contribution in [0.5, 0.6) is 0 Å². The zero-order valence-electron chi connectivity index (χ0n) is 15.8. The van der Waals surface area contributed by atoms with Crippen LogP contribution in [0.3, 0.4) is 0 Å². The van der Waals surface area contributed by atoms with Crippen molar-refractivity contribution >= 4 is 41.4 Å². The summed E-state index contributed by atoms with van der Waals surface area (Å²) in [6.07, 6.45) is -2.92. The highest BCUT2D eigenvalue weighted by atomic mass is 31.3. The Morgan fingerprint density at radius 2 is 1.84 bits per heavy atom. The highest BCUT2D eigenvalue weighted by Crippen LogP contribution is 2.64. The Kier molecular flexibility index (Phi) is 6.94. The van der Waals surface area contributed by atoms with Gasteiger partial charge in [-0.25, -0.2) is 19.3 Å². The number of aromatic nitrogens is 4. The molecule has 0 aliphatic carbocycles. The van der Waals surface area contributed by atoms with Gasteiger partial charge in [-0.3, -0.25) is 18.3 Å². The van der Waals surface area contributed by atoms with Crippen molar-refractivity contribution in [2.45, 2.75) is 31.5 Å². The minimum absolute atomic E-state index is 0.316. The number of ether oxygens (including phenoxy) is 1. The van der Waals surface area contributed by atoms with Crippen molar-refractivity contribution in [2.75, 3.05) is 12.5 Å². The van der Waals surface area contributed by atoms with E-state index in [0.29, 0.717) is 16.9 Å². The Bertz CT molecular complexity index is 1110. The summed E-state index contributed by atoms with van der Waals surface area (Å²) in [7, 11) is -9.64. The fourth-order valence-corrected chi connectivity index (χ4v) is 7.39. The SMILES string of the molecule is [B]P(=O)(OC[C@H]1O[C@@H](n2cnc3c(C)ncnc32)[C@H](O)[C@@H]1O)OP(=O)(O)CP(=O)(O)O. The third-order valence-corrected chi connectivity index (χ3v) is 9.52. The summed E-state index contributed by atoms with van der Waals surface area (Å²) in [5.41, 5.74) is 1.33. The van der Waals surface area contributed by atoms with Gasteiger partial charge in [-0.1, -0.05) is 0 Å². The van der Waals surface area contributed by atoms with E-state index in [1.54, 1.807) is 6.92 Å². The molecule has 0 saturated carbocycles. The molecule has 0 amide bonds. The van der Waals surface area contributed by atoms with E-state index in [2.05, 4.69) is 19.3 Å². The zero-order valence-corrected chi connectivity index (χ0v) is 18.5. The summed E-state index contributed by atoms with van der Waals surface area (Å²) in [6, 6.07) is 0. The molecule has 1 saturated heterocycles. The van der Waals surface area contributed by atoms with Gasteiger partial charge >= 0.3 is 15.2 Å². The smallest absolute Gasteiger partial charge is 0.346 e. The number of imidazole rings is 1. The molecule has 3 rings (SSSR count). The fraction of sp³-hybridized carbons (Fsp3) is 0.583. The first-order valence-corrected chi connectivity index (χ1v) is 13.6. The van der Waals surface area contributed by atoms with Crippen molar-refractivity contribution in [3.8, 4) is 0 Å². The average molecular weight is 498 g/mol. The number of rotatable bonds is 8. The molecule has 2 aromatic heterocycles. The standard InChI is InChI=1S/C12H18BN4O11P3/c1-6-8-11(15-3-14-6)17(4-16-8)12-10(19)9(18)7(27-12)2-26-31(13,25)28-30(23,24)5-29(20,21)22/h3-4,7,9-10,12,18-19H,2,5H2,1H3,(H,23,24)(H2,20,21,22)/t7-,9-,10-,12-,31?/m1/s1. The number of aryl methyl sites for hydroxylation is 1. The first-order valence-electron chi connectivity index (χ1n) is 8.46. The second kappa shape index (κ2) is 8.73. The molecule has 0 bridgehead atoms. The number of nitrogens with zero attached hydrogens (tertiary/aromatic N) is 4. The van der Waals surface area contributed by atoms with Gasteiger partial charge in [0.1, 0.15) is 30.2 Å². The largest absolute Gasteiger partial charge is 0.387 e. The molecule has 170 valence electrons. The quantitative estimate of drug-likeness (QED) is 0.226. The van der Waals surface area contributed by atoms with Gasteiger partial charge in [0.2, 0.25) is 7.57 Å². The van der Waals surface area contributed by atoms with Crippen LogP contribution >= 0.6 is 22.7 Å². The minimum atomic E-state index is -5.06. The van der Waals surface area contributed by atoms with Gasteiger partial charge in [0.05, 0.1) is 18.6 Å². The van der Waals surface area contributed by atoms with Crippen LogP contribution in [0, 0.1) is 6.92 Å². The van der Waals surface area contributed by atoms with E-state index in [-0.39, 0.29) is 0 Å². The lowest BCUT2D eigenvalue weighted by Crippen LogP contribution is -2.33. The third kappa shape index (κ3) is 5.87. The molecule has 6 atom stereocenters. The molecular formula is C12H18BN4O11P3. The Labute approximate surface area is 176 Å². The molecule has 2 radical (unpaired) electrons. The van der Waals surface area contributed by atoms with Crippen LogP contribution < -0.4 is 0 Å². The lowest BCUT2D eigenvalue weighted by atomic mass is 10.1. The molecule has 31 heavy (non-hydrogen) atoms. The number of aliphatic hydroxyl groups is 2. The molecule has 15 nitrogen and oxygen atoms in total. The van der Waals surface area contributed by atoms with Crippen LogP contribution in [0.4, 0.5) is 0 Å². The van der Waals surface area contributed by atoms with Gasteiger partial charge in [0.25, 0.3) is 7.47 Å². The fourth-order valence-electron chi connectivity index (χ4n) is 2.89. The van der Waals surface area contributed by atoms with E-state index in [1.807, 2.05) is 0 Å². The number of hydrogen-bond acceptors (Lipinski definition) is 11. The van der Waals surface area contributed by atoms with E-state index < -0.39 is 59.7 Å². The highest BCUT2D eigenvalue weighted by Gasteiger charge is 2.45. The molecule has 0 spiro atoms. The summed E-state index contributed by atoms with van der Waals surface area (Å²) in [4.78, 5) is 39.1. The summed E-state index contributed by atoms with van der Waals surface area (Å²) in [6.45, 7) is 0.947. The van der Waals surface area contributed by atoms with E-state index in [1.165, 1.54) is 17.2 Å². The lowest BCUT2D eigenvalue weighted by Gasteiger charge is -2.21. The molecule has 5 N–H and O–H groups in total. The molecule has 1 aliphatic rings. The lowest BCUT2D eigenvalue weighted by molar-refractivity contribution is -0.0478. The Morgan fingerprint density at radius 3 is 2.48 bits per heavy atom. The number of hydrogen-bond donors (Lipinski definition) is 5. The minimum Gasteiger partial charge on any atom is -0.387 e. The van der Waals surface area contributed by atoms with Crippen LogP contribution in [-0.4, -0.2) is 82.8 Å². The topological polar surface area (TPSA) is 224 Å². The second-order valence-electron chi connectivity index (χ2n) is 6.69. The van der Waals surface area contributed by atoms with Crippen molar-refractivity contribution in [2.24, 2.45) is 0 Å². The summed E-state index contributed by atoms with van der Waals surface area (Å²) >= 11 is 0. The highest BCUT2D eigenvalue weighted by molar-refractivity contribution is 7.85. The van der Waals surface area contributed by atoms with E-state index in [0.717, 1.165) is 0 Å². The number of aliphatic hydroxyl groups excluding tert-OH is 2. The van der Waals surface area contributed by atoms with Gasteiger partial charge in [-0.15, -0.1) is 0 Å². The van der Waals surface area contributed by atoms with Gasteiger partial charge in [0, 0.05) is 0 Å². The molecule has 1 fully saturated rings. The van der Waals surface area contributed by atoms with Crippen molar-refractivity contribution in [1.29, 1.82) is 0 Å².